The third kappa shape index (κ3) is 6.23. The van der Waals surface area contributed by atoms with Gasteiger partial charge in [0.2, 0.25) is 0 Å². The molecule has 2 fully saturated rings. The van der Waals surface area contributed by atoms with Crippen LogP contribution in [0.5, 0.6) is 5.75 Å². The summed E-state index contributed by atoms with van der Waals surface area (Å²) in [5.41, 5.74) is 1.30. The zero-order valence-electron chi connectivity index (χ0n) is 16.4. The number of halogens is 3. The van der Waals surface area contributed by atoms with E-state index in [1.807, 2.05) is 6.07 Å². The molecule has 0 bridgehead atoms. The van der Waals surface area contributed by atoms with E-state index in [1.54, 1.807) is 6.07 Å². The van der Waals surface area contributed by atoms with Crippen molar-refractivity contribution in [2.24, 2.45) is 17.8 Å². The first-order valence-electron chi connectivity index (χ1n) is 10.5. The second kappa shape index (κ2) is 10.3. The molecule has 0 unspecified atom stereocenters. The lowest BCUT2D eigenvalue weighted by atomic mass is 9.74. The molecule has 0 aliphatic heterocycles. The summed E-state index contributed by atoms with van der Waals surface area (Å²) in [6.45, 7) is -0.362. The fourth-order valence-electron chi connectivity index (χ4n) is 4.94. The third-order valence-electron chi connectivity index (χ3n) is 6.75. The van der Waals surface area contributed by atoms with Crippen molar-refractivity contribution in [2.75, 3.05) is 0 Å². The quantitative estimate of drug-likeness (QED) is 0.355. The predicted molar refractivity (Wildman–Crippen MR) is 118 cm³/mol. The summed E-state index contributed by atoms with van der Waals surface area (Å²) in [6.07, 6.45) is 13.7. The maximum Gasteiger partial charge on any atom is 0.387 e. The minimum absolute atomic E-state index is 0.326. The molecule has 0 radical (unpaired) electrons. The Morgan fingerprint density at radius 2 is 1.59 bits per heavy atom. The molecule has 0 saturated heterocycles. The molecule has 0 atom stereocenters. The molecule has 2 aliphatic rings. The van der Waals surface area contributed by atoms with Gasteiger partial charge in [-0.25, -0.2) is 0 Å². The lowest BCUT2D eigenvalue weighted by Crippen LogP contribution is -2.17. The monoisotopic (exact) mass is 490 g/mol. The number of ether oxygens (including phenoxy) is 1. The molecule has 1 aromatic carbocycles. The minimum atomic E-state index is -2.76. The van der Waals surface area contributed by atoms with Crippen LogP contribution in [0.2, 0.25) is 0 Å². The average Bonchev–Trinajstić information content (AvgIpc) is 2.68. The molecule has 0 spiro atoms. The maximum absolute atomic E-state index is 12.5. The Labute approximate surface area is 173 Å². The first-order valence-corrected chi connectivity index (χ1v) is 13.1. The van der Waals surface area contributed by atoms with E-state index in [0.29, 0.717) is 11.7 Å². The van der Waals surface area contributed by atoms with Gasteiger partial charge in [-0.1, -0.05) is 76.8 Å². The minimum Gasteiger partial charge on any atom is -0.434 e. The van der Waals surface area contributed by atoms with E-state index in [-0.39, 0.29) is 0 Å². The highest BCUT2D eigenvalue weighted by Gasteiger charge is 2.25. The molecule has 4 heteroatoms. The Kier molecular flexibility index (Phi) is 8.10. The summed E-state index contributed by atoms with van der Waals surface area (Å²) in [7, 11) is 0. The molecule has 1 aromatic rings. The fraction of sp³-hybridized carbons (Fsp3) is 0.696. The molecule has 2 saturated carbocycles. The van der Waals surface area contributed by atoms with Gasteiger partial charge in [-0.3, -0.25) is 0 Å². The van der Waals surface area contributed by atoms with Crippen molar-refractivity contribution in [3.63, 3.8) is 0 Å². The molecular formula is C23H33F2IO. The van der Waals surface area contributed by atoms with E-state index < -0.39 is 27.3 Å². The van der Waals surface area contributed by atoms with Crippen LogP contribution in [0.3, 0.4) is 0 Å². The zero-order valence-corrected chi connectivity index (χ0v) is 18.6. The van der Waals surface area contributed by atoms with Gasteiger partial charge in [0.15, 0.2) is 0 Å². The average molecular weight is 490 g/mol. The summed E-state index contributed by atoms with van der Waals surface area (Å²) in [5, 5.41) is 0. The molecule has 3 rings (SSSR count). The SMILES string of the molecule is C=Ic1cc(C2CCC(CCC3CCC(C)CC3)CC2)ccc1OC(F)F. The van der Waals surface area contributed by atoms with E-state index in [2.05, 4.69) is 22.2 Å². The lowest BCUT2D eigenvalue weighted by molar-refractivity contribution is -0.0504. The number of hydrogen-bond acceptors (Lipinski definition) is 1. The van der Waals surface area contributed by atoms with Crippen LogP contribution >= 0.6 is 20.7 Å². The zero-order chi connectivity index (χ0) is 19.2. The Hall–Kier alpha value is -0.520. The van der Waals surface area contributed by atoms with Crippen molar-refractivity contribution in [1.29, 1.82) is 0 Å². The van der Waals surface area contributed by atoms with Crippen LogP contribution < -0.4 is 4.74 Å². The van der Waals surface area contributed by atoms with Crippen molar-refractivity contribution in [2.45, 2.75) is 83.7 Å². The highest BCUT2D eigenvalue weighted by molar-refractivity contribution is 14.2. The first-order chi connectivity index (χ1) is 13.0. The van der Waals surface area contributed by atoms with Gasteiger partial charge in [-0.15, -0.1) is 0 Å². The van der Waals surface area contributed by atoms with Crippen LogP contribution in [-0.2, 0) is 0 Å². The van der Waals surface area contributed by atoms with Gasteiger partial charge in [-0.2, -0.15) is 8.78 Å². The van der Waals surface area contributed by atoms with Gasteiger partial charge >= 0.3 is 6.61 Å². The van der Waals surface area contributed by atoms with Crippen LogP contribution in [0.4, 0.5) is 8.78 Å². The molecule has 152 valence electrons. The summed E-state index contributed by atoms with van der Waals surface area (Å²) in [4.78, 5) is 0. The molecule has 2 aliphatic carbocycles. The molecule has 1 nitrogen and oxygen atoms in total. The highest BCUT2D eigenvalue weighted by atomic mass is 127. The maximum atomic E-state index is 12.5. The van der Waals surface area contributed by atoms with E-state index in [1.165, 1.54) is 69.8 Å². The van der Waals surface area contributed by atoms with Crippen molar-refractivity contribution in [1.82, 2.24) is 0 Å². The van der Waals surface area contributed by atoms with Gasteiger partial charge < -0.3 is 4.74 Å². The van der Waals surface area contributed by atoms with Crippen molar-refractivity contribution >= 4 is 25.2 Å². The molecular weight excluding hydrogens is 457 g/mol. The highest BCUT2D eigenvalue weighted by Crippen LogP contribution is 2.41. The number of benzene rings is 1. The summed E-state index contributed by atoms with van der Waals surface area (Å²) in [6, 6.07) is 5.82. The largest absolute Gasteiger partial charge is 0.434 e. The Morgan fingerprint density at radius 3 is 2.15 bits per heavy atom. The second-order valence-corrected chi connectivity index (χ2v) is 10.5. The molecule has 27 heavy (non-hydrogen) atoms. The Balaban J connectivity index is 1.48. The Morgan fingerprint density at radius 1 is 1.00 bits per heavy atom. The topological polar surface area (TPSA) is 9.23 Å². The van der Waals surface area contributed by atoms with Crippen molar-refractivity contribution in [3.8, 4) is 5.75 Å². The summed E-state index contributed by atoms with van der Waals surface area (Å²) >= 11 is -0.518. The Bertz CT molecular complexity index is 602. The molecule has 0 aromatic heterocycles. The summed E-state index contributed by atoms with van der Waals surface area (Å²) in [5.74, 6) is 3.71. The van der Waals surface area contributed by atoms with Gasteiger partial charge in [0.1, 0.15) is 5.75 Å². The first kappa shape index (κ1) is 21.2. The van der Waals surface area contributed by atoms with Crippen LogP contribution in [0.1, 0.15) is 82.6 Å². The molecule has 0 N–H and O–H groups in total. The fourth-order valence-corrected chi connectivity index (χ4v) is 6.20. The van der Waals surface area contributed by atoms with Crippen molar-refractivity contribution < 1.29 is 13.5 Å². The predicted octanol–water partition coefficient (Wildman–Crippen LogP) is 7.74. The number of rotatable bonds is 7. The van der Waals surface area contributed by atoms with E-state index in [0.717, 1.165) is 21.3 Å². The number of alkyl halides is 2. The standard InChI is InChI=1S/C23H33F2IO/c1-16-3-5-17(6-4-16)7-8-18-9-11-19(12-10-18)20-13-14-22(27-23(24)25)21(15-20)26-2/h13-19,23H,2-12H2,1H3. The molecule has 0 amide bonds. The van der Waals surface area contributed by atoms with Crippen LogP contribution in [0.15, 0.2) is 18.2 Å². The van der Waals surface area contributed by atoms with E-state index in [4.69, 9.17) is 0 Å². The smallest absolute Gasteiger partial charge is 0.387 e. The van der Waals surface area contributed by atoms with E-state index >= 15 is 0 Å². The second-order valence-electron chi connectivity index (χ2n) is 8.62. The van der Waals surface area contributed by atoms with Crippen molar-refractivity contribution in [3.05, 3.63) is 27.3 Å². The normalized spacial score (nSPS) is 29.0. The number of hydrogen-bond donors (Lipinski definition) is 0. The third-order valence-corrected chi connectivity index (χ3v) is 8.42. The van der Waals surface area contributed by atoms with Gasteiger partial charge in [0.25, 0.3) is 0 Å². The van der Waals surface area contributed by atoms with Gasteiger partial charge in [0.05, 0.1) is 0 Å². The summed E-state index contributed by atoms with van der Waals surface area (Å²) < 4.78 is 34.6. The van der Waals surface area contributed by atoms with Crippen LogP contribution in [0, 0.1) is 21.3 Å². The van der Waals surface area contributed by atoms with E-state index in [9.17, 15) is 8.78 Å². The van der Waals surface area contributed by atoms with Crippen LogP contribution in [-0.4, -0.2) is 11.1 Å². The molecule has 0 heterocycles. The lowest BCUT2D eigenvalue weighted by Gasteiger charge is -2.31. The van der Waals surface area contributed by atoms with Gasteiger partial charge in [-0.05, 0) is 67.1 Å². The van der Waals surface area contributed by atoms with Crippen LogP contribution in [0.25, 0.3) is 0 Å². The van der Waals surface area contributed by atoms with Gasteiger partial charge in [0, 0.05) is 3.57 Å².